The van der Waals surface area contributed by atoms with Crippen molar-refractivity contribution < 1.29 is 0 Å². The Kier molecular flexibility index (Phi) is 3.41. The Bertz CT molecular complexity index is 484. The molecule has 0 saturated heterocycles. The van der Waals surface area contributed by atoms with Crippen LogP contribution in [0.1, 0.15) is 22.7 Å². The molecule has 2 heterocycles. The van der Waals surface area contributed by atoms with E-state index < -0.39 is 0 Å². The summed E-state index contributed by atoms with van der Waals surface area (Å²) in [5, 5.41) is 3.67. The highest BCUT2D eigenvalue weighted by Crippen LogP contribution is 2.25. The Hall–Kier alpha value is -1.13. The monoisotopic (exact) mass is 253 g/mol. The molecule has 0 aliphatic carbocycles. The van der Waals surface area contributed by atoms with E-state index >= 15 is 0 Å². The topological polar surface area (TPSA) is 37.8 Å². The average Bonchev–Trinajstić information content (AvgIpc) is 2.65. The van der Waals surface area contributed by atoms with Gasteiger partial charge in [0, 0.05) is 9.75 Å². The molecule has 2 aromatic heterocycles. The minimum atomic E-state index is 0.214. The number of thiophene rings is 1. The quantitative estimate of drug-likeness (QED) is 0.907. The van der Waals surface area contributed by atoms with E-state index in [9.17, 15) is 0 Å². The van der Waals surface area contributed by atoms with E-state index in [-0.39, 0.29) is 6.04 Å². The number of hydrogen-bond acceptors (Lipinski definition) is 4. The van der Waals surface area contributed by atoms with Gasteiger partial charge in [-0.2, -0.15) is 0 Å². The number of rotatable bonds is 3. The Morgan fingerprint density at radius 1 is 1.38 bits per heavy atom. The molecule has 0 fully saturated rings. The molecule has 0 bridgehead atoms. The van der Waals surface area contributed by atoms with E-state index in [4.69, 9.17) is 11.6 Å². The molecule has 2 aromatic rings. The smallest absolute Gasteiger partial charge is 0.149 e. The van der Waals surface area contributed by atoms with Crippen molar-refractivity contribution in [1.82, 2.24) is 9.97 Å². The lowest BCUT2D eigenvalue weighted by molar-refractivity contribution is 0.892. The molecule has 1 atom stereocenters. The standard InChI is InChI=1S/C11H12ClN3S/c1-7-3-4-9(16-7)8(2)14-11-6-13-5-10(12)15-11/h3-6,8H,1-2H3,(H,14,15). The Balaban J connectivity index is 2.10. The van der Waals surface area contributed by atoms with E-state index in [0.29, 0.717) is 11.0 Å². The van der Waals surface area contributed by atoms with Crippen molar-refractivity contribution in [2.45, 2.75) is 19.9 Å². The minimum Gasteiger partial charge on any atom is -0.361 e. The maximum atomic E-state index is 5.77. The van der Waals surface area contributed by atoms with E-state index in [1.807, 2.05) is 0 Å². The zero-order chi connectivity index (χ0) is 11.5. The number of nitrogens with one attached hydrogen (secondary N) is 1. The Morgan fingerprint density at radius 3 is 2.81 bits per heavy atom. The third-order valence-electron chi connectivity index (χ3n) is 2.16. The van der Waals surface area contributed by atoms with Gasteiger partial charge in [0.25, 0.3) is 0 Å². The molecule has 16 heavy (non-hydrogen) atoms. The predicted octanol–water partition coefficient (Wildman–Crippen LogP) is 3.67. The number of aromatic nitrogens is 2. The summed E-state index contributed by atoms with van der Waals surface area (Å²) in [6.07, 6.45) is 3.19. The first-order chi connectivity index (χ1) is 7.65. The van der Waals surface area contributed by atoms with E-state index in [0.717, 1.165) is 0 Å². The van der Waals surface area contributed by atoms with Crippen LogP contribution in [0.4, 0.5) is 5.82 Å². The molecular formula is C11H12ClN3S. The lowest BCUT2D eigenvalue weighted by atomic mass is 10.3. The van der Waals surface area contributed by atoms with Crippen molar-refractivity contribution in [2.24, 2.45) is 0 Å². The normalized spacial score (nSPS) is 12.4. The molecule has 2 rings (SSSR count). The highest BCUT2D eigenvalue weighted by molar-refractivity contribution is 7.12. The average molecular weight is 254 g/mol. The van der Waals surface area contributed by atoms with Gasteiger partial charge in [0.1, 0.15) is 11.0 Å². The van der Waals surface area contributed by atoms with Gasteiger partial charge in [-0.25, -0.2) is 4.98 Å². The van der Waals surface area contributed by atoms with Gasteiger partial charge in [-0.05, 0) is 26.0 Å². The third kappa shape index (κ3) is 2.71. The van der Waals surface area contributed by atoms with Crippen molar-refractivity contribution in [1.29, 1.82) is 0 Å². The van der Waals surface area contributed by atoms with Gasteiger partial charge < -0.3 is 5.32 Å². The Labute approximate surface area is 104 Å². The lowest BCUT2D eigenvalue weighted by Gasteiger charge is -2.12. The summed E-state index contributed by atoms with van der Waals surface area (Å²) in [6.45, 7) is 4.19. The van der Waals surface area contributed by atoms with Crippen molar-refractivity contribution in [2.75, 3.05) is 5.32 Å². The lowest BCUT2D eigenvalue weighted by Crippen LogP contribution is -2.06. The van der Waals surface area contributed by atoms with Crippen LogP contribution in [0.2, 0.25) is 5.15 Å². The second-order valence-corrected chi connectivity index (χ2v) is 5.25. The largest absolute Gasteiger partial charge is 0.361 e. The molecule has 0 aliphatic heterocycles. The summed E-state index contributed by atoms with van der Waals surface area (Å²) >= 11 is 7.54. The van der Waals surface area contributed by atoms with Crippen molar-refractivity contribution in [3.8, 4) is 0 Å². The van der Waals surface area contributed by atoms with Crippen LogP contribution in [0.5, 0.6) is 0 Å². The van der Waals surface area contributed by atoms with Gasteiger partial charge in [0.2, 0.25) is 0 Å². The van der Waals surface area contributed by atoms with Crippen LogP contribution in [0, 0.1) is 6.92 Å². The summed E-state index contributed by atoms with van der Waals surface area (Å²) in [5.74, 6) is 0.700. The fraction of sp³-hybridized carbons (Fsp3) is 0.273. The second-order valence-electron chi connectivity index (χ2n) is 3.54. The van der Waals surface area contributed by atoms with Gasteiger partial charge in [-0.1, -0.05) is 11.6 Å². The fourth-order valence-corrected chi connectivity index (χ4v) is 2.42. The van der Waals surface area contributed by atoms with E-state index in [1.54, 1.807) is 17.5 Å². The van der Waals surface area contributed by atoms with Gasteiger partial charge >= 0.3 is 0 Å². The minimum absolute atomic E-state index is 0.214. The van der Waals surface area contributed by atoms with Crippen LogP contribution in [-0.4, -0.2) is 9.97 Å². The van der Waals surface area contributed by atoms with Crippen molar-refractivity contribution in [3.05, 3.63) is 39.4 Å². The number of aryl methyl sites for hydroxylation is 1. The molecule has 84 valence electrons. The SMILES string of the molecule is Cc1ccc(C(C)Nc2cncc(Cl)n2)s1. The van der Waals surface area contributed by atoms with Crippen molar-refractivity contribution in [3.63, 3.8) is 0 Å². The second kappa shape index (κ2) is 4.80. The predicted molar refractivity (Wildman–Crippen MR) is 68.1 cm³/mol. The molecule has 0 aromatic carbocycles. The molecule has 0 saturated carbocycles. The summed E-state index contributed by atoms with van der Waals surface area (Å²) < 4.78 is 0. The summed E-state index contributed by atoms with van der Waals surface area (Å²) in [6, 6.07) is 4.45. The first kappa shape index (κ1) is 11.4. The zero-order valence-electron chi connectivity index (χ0n) is 9.07. The first-order valence-corrected chi connectivity index (χ1v) is 6.15. The van der Waals surface area contributed by atoms with Crippen LogP contribution in [-0.2, 0) is 0 Å². The van der Waals surface area contributed by atoms with Gasteiger partial charge in [0.15, 0.2) is 0 Å². The number of nitrogens with zero attached hydrogens (tertiary/aromatic N) is 2. The van der Waals surface area contributed by atoms with E-state index in [2.05, 4.69) is 41.3 Å². The summed E-state index contributed by atoms with van der Waals surface area (Å²) in [5.41, 5.74) is 0. The van der Waals surface area contributed by atoms with Crippen LogP contribution >= 0.6 is 22.9 Å². The molecular weight excluding hydrogens is 242 g/mol. The van der Waals surface area contributed by atoms with Crippen LogP contribution in [0.15, 0.2) is 24.5 Å². The Morgan fingerprint density at radius 2 is 2.19 bits per heavy atom. The van der Waals surface area contributed by atoms with Gasteiger partial charge in [-0.15, -0.1) is 11.3 Å². The molecule has 1 N–H and O–H groups in total. The first-order valence-electron chi connectivity index (χ1n) is 4.95. The number of halogens is 1. The molecule has 5 heteroatoms. The van der Waals surface area contributed by atoms with Crippen molar-refractivity contribution >= 4 is 28.8 Å². The third-order valence-corrected chi connectivity index (χ3v) is 3.52. The number of anilines is 1. The van der Waals surface area contributed by atoms with Gasteiger partial charge in [-0.3, -0.25) is 4.98 Å². The van der Waals surface area contributed by atoms with Gasteiger partial charge in [0.05, 0.1) is 18.4 Å². The molecule has 0 spiro atoms. The van der Waals surface area contributed by atoms with Crippen LogP contribution in [0.25, 0.3) is 0 Å². The molecule has 0 amide bonds. The summed E-state index contributed by atoms with van der Waals surface area (Å²) in [7, 11) is 0. The number of hydrogen-bond donors (Lipinski definition) is 1. The molecule has 3 nitrogen and oxygen atoms in total. The molecule has 1 unspecified atom stereocenters. The maximum absolute atomic E-state index is 5.77. The zero-order valence-corrected chi connectivity index (χ0v) is 10.6. The highest BCUT2D eigenvalue weighted by atomic mass is 35.5. The molecule has 0 radical (unpaired) electrons. The summed E-state index contributed by atoms with van der Waals surface area (Å²) in [4.78, 5) is 10.7. The molecule has 0 aliphatic rings. The van der Waals surface area contributed by atoms with E-state index in [1.165, 1.54) is 16.0 Å². The highest BCUT2D eigenvalue weighted by Gasteiger charge is 2.08. The van der Waals surface area contributed by atoms with Crippen LogP contribution in [0.3, 0.4) is 0 Å². The fourth-order valence-electron chi connectivity index (χ4n) is 1.39. The maximum Gasteiger partial charge on any atom is 0.149 e. The van der Waals surface area contributed by atoms with Crippen LogP contribution < -0.4 is 5.32 Å².